The topological polar surface area (TPSA) is 90.7 Å². The highest BCUT2D eigenvalue weighted by molar-refractivity contribution is 5.80. The Bertz CT molecular complexity index is 1090. The maximum atomic E-state index is 12.9. The highest BCUT2D eigenvalue weighted by atomic mass is 16.2. The predicted octanol–water partition coefficient (Wildman–Crippen LogP) is 2.07. The molecule has 0 radical (unpaired) electrons. The van der Waals surface area contributed by atoms with Crippen LogP contribution in [0, 0.1) is 5.92 Å². The molecule has 28 heavy (non-hydrogen) atoms. The predicted molar refractivity (Wildman–Crippen MR) is 107 cm³/mol. The molecule has 0 aromatic carbocycles. The molecule has 0 spiro atoms. The number of carbonyl (C=O) groups is 1. The van der Waals surface area contributed by atoms with Gasteiger partial charge in [0.25, 0.3) is 0 Å². The zero-order valence-electron chi connectivity index (χ0n) is 15.8. The first kappa shape index (κ1) is 17.0. The van der Waals surface area contributed by atoms with Crippen LogP contribution < -0.4 is 5.32 Å². The van der Waals surface area contributed by atoms with Gasteiger partial charge in [0.2, 0.25) is 5.91 Å². The number of fused-ring (bicyclic) bond motifs is 3. The summed E-state index contributed by atoms with van der Waals surface area (Å²) in [5.41, 5.74) is 3.63. The molecule has 5 rings (SSSR count). The molecule has 0 bridgehead atoms. The van der Waals surface area contributed by atoms with E-state index in [1.165, 1.54) is 0 Å². The molecule has 0 aliphatic carbocycles. The normalized spacial score (nSPS) is 22.5. The fraction of sp³-hybridized carbons (Fsp3) is 0.400. The van der Waals surface area contributed by atoms with Gasteiger partial charge in [-0.15, -0.1) is 0 Å². The summed E-state index contributed by atoms with van der Waals surface area (Å²) in [6, 6.07) is 2.03. The molecule has 3 aromatic rings. The number of hydrogen-bond acceptors (Lipinski definition) is 5. The summed E-state index contributed by atoms with van der Waals surface area (Å²) >= 11 is 0. The van der Waals surface area contributed by atoms with Gasteiger partial charge in [-0.25, -0.2) is 9.97 Å². The summed E-state index contributed by atoms with van der Waals surface area (Å²) in [5.74, 6) is 1.76. The van der Waals surface area contributed by atoms with Crippen LogP contribution in [-0.4, -0.2) is 56.0 Å². The number of aromatic nitrogens is 4. The first-order chi connectivity index (χ1) is 13.7. The monoisotopic (exact) mass is 377 g/mol. The van der Waals surface area contributed by atoms with Crippen molar-refractivity contribution in [2.45, 2.75) is 25.7 Å². The van der Waals surface area contributed by atoms with Crippen molar-refractivity contribution in [3.05, 3.63) is 42.4 Å². The van der Waals surface area contributed by atoms with E-state index in [2.05, 4.69) is 31.6 Å². The van der Waals surface area contributed by atoms with Gasteiger partial charge in [-0.1, -0.05) is 6.92 Å². The zero-order chi connectivity index (χ0) is 19.1. The molecule has 1 saturated heterocycles. The third-order valence-electron chi connectivity index (χ3n) is 5.80. The lowest BCUT2D eigenvalue weighted by molar-refractivity contribution is -0.132. The molecule has 2 unspecified atom stereocenters. The quantitative estimate of drug-likeness (QED) is 0.731. The molecule has 2 aliphatic heterocycles. The minimum atomic E-state index is 0.123. The Morgan fingerprint density at radius 1 is 1.32 bits per heavy atom. The highest BCUT2D eigenvalue weighted by Gasteiger charge is 2.33. The van der Waals surface area contributed by atoms with E-state index in [9.17, 15) is 4.79 Å². The fourth-order valence-electron chi connectivity index (χ4n) is 4.19. The first-order valence-corrected chi connectivity index (χ1v) is 9.73. The van der Waals surface area contributed by atoms with Crippen molar-refractivity contribution in [1.82, 2.24) is 29.6 Å². The Kier molecular flexibility index (Phi) is 4.11. The number of rotatable bonds is 3. The summed E-state index contributed by atoms with van der Waals surface area (Å²) in [7, 11) is 0. The molecule has 144 valence electrons. The highest BCUT2D eigenvalue weighted by Crippen LogP contribution is 2.33. The SMILES string of the molecule is CC1CCN(C(=O)CC2=CNCC=N2)CC1c1ncc2cnc3[nH]ccc3n12. The summed E-state index contributed by atoms with van der Waals surface area (Å²) in [4.78, 5) is 31.5. The van der Waals surface area contributed by atoms with Crippen LogP contribution in [0.4, 0.5) is 0 Å². The van der Waals surface area contributed by atoms with Gasteiger partial charge in [-0.3, -0.25) is 14.2 Å². The molecule has 1 fully saturated rings. The summed E-state index contributed by atoms with van der Waals surface area (Å²) in [6.07, 6.45) is 10.5. The van der Waals surface area contributed by atoms with Crippen LogP contribution in [0.25, 0.3) is 16.7 Å². The number of likely N-dealkylation sites (tertiary alicyclic amines) is 1. The molecule has 0 saturated carbocycles. The van der Waals surface area contributed by atoms with Gasteiger partial charge in [-0.05, 0) is 18.4 Å². The second-order valence-corrected chi connectivity index (χ2v) is 7.59. The van der Waals surface area contributed by atoms with Gasteiger partial charge in [0.1, 0.15) is 5.82 Å². The minimum Gasteiger partial charge on any atom is -0.384 e. The third kappa shape index (κ3) is 2.85. The van der Waals surface area contributed by atoms with E-state index < -0.39 is 0 Å². The number of imidazole rings is 1. The molecule has 1 amide bonds. The number of amides is 1. The smallest absolute Gasteiger partial charge is 0.228 e. The number of nitrogens with one attached hydrogen (secondary N) is 2. The summed E-state index contributed by atoms with van der Waals surface area (Å²) in [5, 5.41) is 3.11. The Morgan fingerprint density at radius 3 is 3.07 bits per heavy atom. The van der Waals surface area contributed by atoms with E-state index in [1.807, 2.05) is 35.8 Å². The number of H-pyrrole nitrogens is 1. The van der Waals surface area contributed by atoms with E-state index in [4.69, 9.17) is 4.98 Å². The van der Waals surface area contributed by atoms with Crippen LogP contribution in [0.1, 0.15) is 31.5 Å². The van der Waals surface area contributed by atoms with Crippen molar-refractivity contribution < 1.29 is 4.79 Å². The van der Waals surface area contributed by atoms with E-state index in [1.54, 1.807) is 6.21 Å². The van der Waals surface area contributed by atoms with Crippen LogP contribution in [0.15, 0.2) is 41.5 Å². The fourth-order valence-corrected chi connectivity index (χ4v) is 4.19. The van der Waals surface area contributed by atoms with Crippen molar-refractivity contribution >= 4 is 28.8 Å². The number of aliphatic imine (C=N–C) groups is 1. The van der Waals surface area contributed by atoms with E-state index in [-0.39, 0.29) is 11.8 Å². The number of piperidine rings is 1. The number of nitrogens with zero attached hydrogens (tertiary/aromatic N) is 5. The summed E-state index contributed by atoms with van der Waals surface area (Å²) < 4.78 is 2.17. The van der Waals surface area contributed by atoms with Gasteiger partial charge in [-0.2, -0.15) is 0 Å². The standard InChI is InChI=1S/C20H23N7O/c1-13-3-7-26(18(28)8-14-9-21-5-6-22-14)12-16(13)20-25-11-15-10-24-19-17(27(15)20)2-4-23-19/h2,4,6,9-11,13,16,21,23H,3,5,7-8,12H2,1H3. The lowest BCUT2D eigenvalue weighted by Gasteiger charge is -2.36. The van der Waals surface area contributed by atoms with Gasteiger partial charge in [0.05, 0.1) is 35.5 Å². The number of carbonyl (C=O) groups excluding carboxylic acids is 1. The second-order valence-electron chi connectivity index (χ2n) is 7.59. The number of aromatic amines is 1. The Hall–Kier alpha value is -3.16. The van der Waals surface area contributed by atoms with Crippen molar-refractivity contribution in [1.29, 1.82) is 0 Å². The zero-order valence-corrected chi connectivity index (χ0v) is 15.8. The second kappa shape index (κ2) is 6.78. The van der Waals surface area contributed by atoms with Gasteiger partial charge in [0, 0.05) is 44.2 Å². The Labute approximate surface area is 162 Å². The van der Waals surface area contributed by atoms with Crippen molar-refractivity contribution in [2.75, 3.05) is 19.6 Å². The first-order valence-electron chi connectivity index (χ1n) is 9.73. The largest absolute Gasteiger partial charge is 0.384 e. The lowest BCUT2D eigenvalue weighted by atomic mass is 9.86. The molecule has 5 heterocycles. The van der Waals surface area contributed by atoms with Crippen molar-refractivity contribution in [2.24, 2.45) is 10.9 Å². The Morgan fingerprint density at radius 2 is 2.21 bits per heavy atom. The van der Waals surface area contributed by atoms with Crippen LogP contribution in [0.3, 0.4) is 0 Å². The van der Waals surface area contributed by atoms with E-state index in [0.29, 0.717) is 18.9 Å². The van der Waals surface area contributed by atoms with Crippen LogP contribution in [0.2, 0.25) is 0 Å². The van der Waals surface area contributed by atoms with Crippen LogP contribution >= 0.6 is 0 Å². The van der Waals surface area contributed by atoms with E-state index in [0.717, 1.165) is 47.7 Å². The van der Waals surface area contributed by atoms with E-state index >= 15 is 0 Å². The van der Waals surface area contributed by atoms with Crippen LogP contribution in [0.5, 0.6) is 0 Å². The maximum absolute atomic E-state index is 12.9. The third-order valence-corrected chi connectivity index (χ3v) is 5.80. The molecule has 2 atom stereocenters. The average Bonchev–Trinajstić information content (AvgIpc) is 3.35. The minimum absolute atomic E-state index is 0.123. The molecule has 8 heteroatoms. The lowest BCUT2D eigenvalue weighted by Crippen LogP contribution is -2.42. The average molecular weight is 377 g/mol. The maximum Gasteiger partial charge on any atom is 0.228 e. The van der Waals surface area contributed by atoms with Gasteiger partial charge in [0.15, 0.2) is 5.65 Å². The summed E-state index contributed by atoms with van der Waals surface area (Å²) in [6.45, 7) is 4.43. The molecular formula is C20H23N7O. The Balaban J connectivity index is 1.44. The molecule has 2 aliphatic rings. The van der Waals surface area contributed by atoms with Crippen molar-refractivity contribution in [3.8, 4) is 0 Å². The molecule has 8 nitrogen and oxygen atoms in total. The number of hydrogen-bond donors (Lipinski definition) is 2. The van der Waals surface area contributed by atoms with Gasteiger partial charge >= 0.3 is 0 Å². The van der Waals surface area contributed by atoms with Gasteiger partial charge < -0.3 is 15.2 Å². The molecule has 2 N–H and O–H groups in total. The van der Waals surface area contributed by atoms with Crippen LogP contribution in [-0.2, 0) is 4.79 Å². The molecular weight excluding hydrogens is 354 g/mol. The van der Waals surface area contributed by atoms with Crippen molar-refractivity contribution in [3.63, 3.8) is 0 Å². The molecule has 3 aromatic heterocycles.